The summed E-state index contributed by atoms with van der Waals surface area (Å²) in [4.78, 5) is 24.9. The Hall–Kier alpha value is -3.55. The first-order valence-corrected chi connectivity index (χ1v) is 17.4. The molecule has 2 aromatic heterocycles. The summed E-state index contributed by atoms with van der Waals surface area (Å²) < 4.78 is 58.2. The molecular formula is C36H46F3N7O3. The van der Waals surface area contributed by atoms with E-state index in [-0.39, 0.29) is 41.7 Å². The van der Waals surface area contributed by atoms with Crippen molar-refractivity contribution in [2.45, 2.75) is 95.3 Å². The summed E-state index contributed by atoms with van der Waals surface area (Å²) in [6, 6.07) is 6.82. The highest BCUT2D eigenvalue weighted by Crippen LogP contribution is 2.51. The van der Waals surface area contributed by atoms with Crippen molar-refractivity contribution in [3.05, 3.63) is 64.2 Å². The van der Waals surface area contributed by atoms with E-state index in [0.29, 0.717) is 36.7 Å². The lowest BCUT2D eigenvalue weighted by atomic mass is 9.62. The third-order valence-electron chi connectivity index (χ3n) is 11.1. The number of carbonyl (C=O) groups excluding carboxylic acids is 1. The topological polar surface area (TPSA) is 88.8 Å². The van der Waals surface area contributed by atoms with Crippen molar-refractivity contribution in [1.82, 2.24) is 29.5 Å². The molecule has 4 aliphatic rings. The molecule has 2 aliphatic carbocycles. The first kappa shape index (κ1) is 33.9. The number of carbonyl (C=O) groups is 1. The molecule has 1 aromatic carbocycles. The maximum Gasteiger partial charge on any atom is 0.416 e. The number of aromatic nitrogens is 4. The quantitative estimate of drug-likeness (QED) is 0.290. The highest BCUT2D eigenvalue weighted by molar-refractivity contribution is 6.10. The number of fused-ring (bicyclic) bond motifs is 1. The molecule has 0 bridgehead atoms. The summed E-state index contributed by atoms with van der Waals surface area (Å²) in [5.41, 5.74) is 0.0255. The molecule has 3 fully saturated rings. The van der Waals surface area contributed by atoms with Gasteiger partial charge in [-0.3, -0.25) is 14.6 Å². The summed E-state index contributed by atoms with van der Waals surface area (Å²) >= 11 is 0. The first-order valence-electron chi connectivity index (χ1n) is 17.4. The van der Waals surface area contributed by atoms with Crippen molar-refractivity contribution >= 4 is 11.7 Å². The van der Waals surface area contributed by atoms with Crippen LogP contribution in [-0.2, 0) is 36.5 Å². The van der Waals surface area contributed by atoms with E-state index >= 15 is 0 Å². The Labute approximate surface area is 285 Å². The number of ether oxygens (including phenoxy) is 2. The van der Waals surface area contributed by atoms with Crippen LogP contribution in [0.15, 0.2) is 30.6 Å². The number of benzene rings is 1. The van der Waals surface area contributed by atoms with Gasteiger partial charge in [-0.2, -0.15) is 18.2 Å². The maximum absolute atomic E-state index is 14.7. The number of aryl methyl sites for hydroxylation is 1. The predicted octanol–water partition coefficient (Wildman–Crippen LogP) is 5.58. The normalized spacial score (nSPS) is 25.3. The molecule has 7 rings (SSSR count). The SMILES string of the molecule is CO[C@H]1C[C@](c2cc(OC3CCCC3)nc(N3Cc4c(cc(CN5CCN(C)CC5C(C)C)cc4C(F)(F)F)C3=O)c2)(c2nncn2C)C1. The van der Waals surface area contributed by atoms with Gasteiger partial charge in [0.2, 0.25) is 5.88 Å². The molecule has 4 heterocycles. The largest absolute Gasteiger partial charge is 0.474 e. The van der Waals surface area contributed by atoms with Gasteiger partial charge in [0.15, 0.2) is 0 Å². The Bertz CT molecular complexity index is 1700. The van der Waals surface area contributed by atoms with E-state index in [1.807, 2.05) is 23.7 Å². The van der Waals surface area contributed by atoms with Crippen LogP contribution in [-0.4, -0.2) is 87.5 Å². The van der Waals surface area contributed by atoms with Crippen LogP contribution in [0.1, 0.15) is 90.8 Å². The van der Waals surface area contributed by atoms with Gasteiger partial charge in [-0.1, -0.05) is 13.8 Å². The molecule has 1 amide bonds. The number of alkyl halides is 3. The van der Waals surface area contributed by atoms with Crippen LogP contribution in [0.25, 0.3) is 0 Å². The van der Waals surface area contributed by atoms with Gasteiger partial charge in [0.25, 0.3) is 5.91 Å². The molecule has 3 aromatic rings. The third kappa shape index (κ3) is 6.33. The highest BCUT2D eigenvalue weighted by atomic mass is 19.4. The smallest absolute Gasteiger partial charge is 0.416 e. The summed E-state index contributed by atoms with van der Waals surface area (Å²) in [5, 5.41) is 8.60. The summed E-state index contributed by atoms with van der Waals surface area (Å²) in [5.74, 6) is 1.21. The molecule has 1 atom stereocenters. The van der Waals surface area contributed by atoms with E-state index in [2.05, 4.69) is 40.9 Å². The molecule has 0 N–H and O–H groups in total. The van der Waals surface area contributed by atoms with Crippen molar-refractivity contribution in [2.24, 2.45) is 13.0 Å². The summed E-state index contributed by atoms with van der Waals surface area (Å²) in [6.07, 6.45) is 2.18. The van der Waals surface area contributed by atoms with Crippen molar-refractivity contribution < 1.29 is 27.4 Å². The molecule has 2 saturated carbocycles. The van der Waals surface area contributed by atoms with Crippen LogP contribution in [0.5, 0.6) is 5.88 Å². The minimum atomic E-state index is -4.63. The number of halogens is 3. The Morgan fingerprint density at radius 3 is 2.45 bits per heavy atom. The Kier molecular flexibility index (Phi) is 8.98. The average molecular weight is 682 g/mol. The van der Waals surface area contributed by atoms with Crippen LogP contribution >= 0.6 is 0 Å². The van der Waals surface area contributed by atoms with Gasteiger partial charge >= 0.3 is 6.18 Å². The fourth-order valence-corrected chi connectivity index (χ4v) is 8.34. The number of rotatable bonds is 9. The van der Waals surface area contributed by atoms with Crippen molar-refractivity contribution in [1.29, 1.82) is 0 Å². The molecule has 0 radical (unpaired) electrons. The fraction of sp³-hybridized carbons (Fsp3) is 0.611. The molecule has 264 valence electrons. The molecule has 2 aliphatic heterocycles. The zero-order valence-electron chi connectivity index (χ0n) is 29.0. The molecule has 13 heteroatoms. The van der Waals surface area contributed by atoms with Crippen molar-refractivity contribution in [3.8, 4) is 5.88 Å². The standard InChI is InChI=1S/C36H46F3N7O3/c1-22(2)30-20-43(3)10-11-45(30)18-23-12-27-28(29(13-23)36(37,38)39)19-46(33(27)47)31-14-24(15-32(41-31)49-25-8-6-7-9-25)35(16-26(17-35)48-5)34-42-40-21-44(34)4/h12-15,21-22,25-26,30H,6-11,16-20H2,1-5H3/t26-,30?,35-. The van der Waals surface area contributed by atoms with Crippen molar-refractivity contribution in [3.63, 3.8) is 0 Å². The number of hydrogen-bond acceptors (Lipinski definition) is 8. The molecular weight excluding hydrogens is 635 g/mol. The Morgan fingerprint density at radius 2 is 1.80 bits per heavy atom. The van der Waals surface area contributed by atoms with Gasteiger partial charge in [0.1, 0.15) is 24.1 Å². The van der Waals surface area contributed by atoms with Gasteiger partial charge in [0.05, 0.1) is 23.6 Å². The van der Waals surface area contributed by atoms with E-state index < -0.39 is 23.1 Å². The Balaban J connectivity index is 1.27. The Morgan fingerprint density at radius 1 is 1.04 bits per heavy atom. The number of anilines is 1. The molecule has 0 spiro atoms. The zero-order valence-corrected chi connectivity index (χ0v) is 29.0. The zero-order chi connectivity index (χ0) is 34.7. The number of hydrogen-bond donors (Lipinski definition) is 0. The fourth-order valence-electron chi connectivity index (χ4n) is 8.34. The van der Waals surface area contributed by atoms with Crippen LogP contribution in [0.2, 0.25) is 0 Å². The van der Waals surface area contributed by atoms with Gasteiger partial charge in [0, 0.05) is 58.0 Å². The van der Waals surface area contributed by atoms with E-state index in [1.54, 1.807) is 19.5 Å². The second-order valence-corrected chi connectivity index (χ2v) is 14.8. The number of likely N-dealkylation sites (N-methyl/N-ethyl adjacent to an activating group) is 1. The van der Waals surface area contributed by atoms with Gasteiger partial charge in [-0.15, -0.1) is 10.2 Å². The van der Waals surface area contributed by atoms with Gasteiger partial charge < -0.3 is 18.9 Å². The lowest BCUT2D eigenvalue weighted by Crippen LogP contribution is -2.53. The minimum Gasteiger partial charge on any atom is -0.474 e. The van der Waals surface area contributed by atoms with Crippen molar-refractivity contribution in [2.75, 3.05) is 38.7 Å². The van der Waals surface area contributed by atoms with E-state index in [4.69, 9.17) is 14.5 Å². The second-order valence-electron chi connectivity index (χ2n) is 14.8. The predicted molar refractivity (Wildman–Crippen MR) is 177 cm³/mol. The van der Waals surface area contributed by atoms with Crippen LogP contribution < -0.4 is 9.64 Å². The van der Waals surface area contributed by atoms with Gasteiger partial charge in [-0.25, -0.2) is 0 Å². The van der Waals surface area contributed by atoms with Crippen LogP contribution in [0.4, 0.5) is 19.0 Å². The average Bonchev–Trinajstić information content (AvgIpc) is 3.78. The van der Waals surface area contributed by atoms with E-state index in [9.17, 15) is 18.0 Å². The molecule has 1 saturated heterocycles. The number of nitrogens with zero attached hydrogens (tertiary/aromatic N) is 7. The first-order chi connectivity index (χ1) is 23.4. The number of amides is 1. The summed E-state index contributed by atoms with van der Waals surface area (Å²) in [7, 11) is 5.63. The van der Waals surface area contributed by atoms with Crippen LogP contribution in [0.3, 0.4) is 0 Å². The molecule has 10 nitrogen and oxygen atoms in total. The minimum absolute atomic E-state index is 0.00597. The maximum atomic E-state index is 14.7. The second kappa shape index (κ2) is 13.0. The van der Waals surface area contributed by atoms with Crippen LogP contribution in [0, 0.1) is 5.92 Å². The number of methoxy groups -OCH3 is 1. The van der Waals surface area contributed by atoms with Gasteiger partial charge in [-0.05, 0) is 86.4 Å². The monoisotopic (exact) mass is 681 g/mol. The van der Waals surface area contributed by atoms with E-state index in [0.717, 1.165) is 56.7 Å². The van der Waals surface area contributed by atoms with E-state index in [1.165, 1.54) is 11.0 Å². The molecule has 49 heavy (non-hydrogen) atoms. The number of piperazine rings is 1. The number of pyridine rings is 1. The summed E-state index contributed by atoms with van der Waals surface area (Å²) in [6.45, 7) is 6.81. The lowest BCUT2D eigenvalue weighted by Gasteiger charge is -2.46. The third-order valence-corrected chi connectivity index (χ3v) is 11.1. The highest BCUT2D eigenvalue weighted by Gasteiger charge is 2.51. The molecule has 1 unspecified atom stereocenters. The lowest BCUT2D eigenvalue weighted by molar-refractivity contribution is -0.138.